The summed E-state index contributed by atoms with van der Waals surface area (Å²) >= 11 is 3.87. The maximum atomic E-state index is 2.50. The summed E-state index contributed by atoms with van der Waals surface area (Å²) in [6.07, 6.45) is 0. The SMILES string of the molecule is CC(C)(C)c1cccc(-c2cc(-c3cc4c5c(c3)Sc3cc(-n6c7ccccc7c7ccccc76)ccc3B5c3ccccc3S4)cc(-c3c4ccccc4c(-c4ccccc4)c4ccccc34)c2)c1. The first-order valence-electron chi connectivity index (χ1n) is 24.3. The highest BCUT2D eigenvalue weighted by Gasteiger charge is 2.38. The molecule has 0 saturated heterocycles. The Morgan fingerprint density at radius 3 is 1.47 bits per heavy atom. The minimum atomic E-state index is 0.0102. The summed E-state index contributed by atoms with van der Waals surface area (Å²) in [5.41, 5.74) is 19.1. The van der Waals surface area contributed by atoms with E-state index < -0.39 is 0 Å². The van der Waals surface area contributed by atoms with E-state index in [1.54, 1.807) is 0 Å². The standard InChI is InChI=1S/C66H46BNS2/c1-66(2,3)47-21-17-20-42(37-47)43-34-44(36-46(35-43)64-53-26-9-7-24-51(53)63(41-18-5-4-6-19-41)52-25-8-10-27-54(52)64)45-38-61-65-62(39-45)70-60-40-48(32-33-56(60)67(65)55-28-13-16-31-59(55)69-61)68-57-29-14-11-22-49(57)50-23-12-15-30-58(50)68/h4-40H,1-3H3. The van der Waals surface area contributed by atoms with Gasteiger partial charge >= 0.3 is 0 Å². The quantitative estimate of drug-likeness (QED) is 0.125. The predicted molar refractivity (Wildman–Crippen MR) is 302 cm³/mol. The lowest BCUT2D eigenvalue weighted by atomic mass is 9.36. The molecular formula is C66H46BNS2. The van der Waals surface area contributed by atoms with Gasteiger partial charge in [0.25, 0.3) is 0 Å². The minimum absolute atomic E-state index is 0.0102. The maximum absolute atomic E-state index is 2.50. The van der Waals surface area contributed by atoms with E-state index in [0.29, 0.717) is 0 Å². The third-order valence-electron chi connectivity index (χ3n) is 14.8. The molecule has 1 aromatic heterocycles. The van der Waals surface area contributed by atoms with Crippen molar-refractivity contribution < 1.29 is 0 Å². The van der Waals surface area contributed by atoms with Crippen LogP contribution in [-0.4, -0.2) is 11.3 Å². The summed E-state index contributed by atoms with van der Waals surface area (Å²) in [6, 6.07) is 84.5. The van der Waals surface area contributed by atoms with Crippen LogP contribution < -0.4 is 16.4 Å². The first-order chi connectivity index (χ1) is 34.3. The van der Waals surface area contributed by atoms with E-state index in [-0.39, 0.29) is 12.1 Å². The van der Waals surface area contributed by atoms with Gasteiger partial charge in [0.1, 0.15) is 0 Å². The second-order valence-electron chi connectivity index (χ2n) is 20.0. The van der Waals surface area contributed by atoms with Crippen molar-refractivity contribution in [2.24, 2.45) is 0 Å². The highest BCUT2D eigenvalue weighted by molar-refractivity contribution is 8.01. The van der Waals surface area contributed by atoms with Gasteiger partial charge < -0.3 is 4.57 Å². The molecule has 0 N–H and O–H groups in total. The molecule has 0 bridgehead atoms. The van der Waals surface area contributed by atoms with Crippen molar-refractivity contribution in [3.8, 4) is 50.2 Å². The summed E-state index contributed by atoms with van der Waals surface area (Å²) in [6.45, 7) is 7.07. The third kappa shape index (κ3) is 6.58. The van der Waals surface area contributed by atoms with Gasteiger partial charge in [0, 0.05) is 36.0 Å². The molecule has 0 amide bonds. The summed E-state index contributed by atoms with van der Waals surface area (Å²) in [7, 11) is 0. The topological polar surface area (TPSA) is 4.93 Å². The first-order valence-corrected chi connectivity index (χ1v) is 26.0. The Hall–Kier alpha value is -7.50. The molecule has 11 aromatic carbocycles. The van der Waals surface area contributed by atoms with Crippen LogP contribution in [0.15, 0.2) is 244 Å². The van der Waals surface area contributed by atoms with Crippen LogP contribution in [0.3, 0.4) is 0 Å². The van der Waals surface area contributed by atoms with Gasteiger partial charge in [0.05, 0.1) is 11.0 Å². The predicted octanol–water partition coefficient (Wildman–Crippen LogP) is 16.5. The van der Waals surface area contributed by atoms with Crippen LogP contribution in [-0.2, 0) is 5.41 Å². The minimum Gasteiger partial charge on any atom is -0.309 e. The van der Waals surface area contributed by atoms with Crippen LogP contribution in [0.2, 0.25) is 0 Å². The largest absolute Gasteiger partial charge is 0.309 e. The van der Waals surface area contributed by atoms with E-state index in [1.807, 2.05) is 23.5 Å². The Balaban J connectivity index is 0.999. The first kappa shape index (κ1) is 41.5. The van der Waals surface area contributed by atoms with Crippen LogP contribution in [0.25, 0.3) is 93.5 Å². The van der Waals surface area contributed by atoms with Crippen LogP contribution in [0.5, 0.6) is 0 Å². The van der Waals surface area contributed by atoms with Crippen LogP contribution >= 0.6 is 23.5 Å². The lowest BCUT2D eigenvalue weighted by molar-refractivity contribution is 0.590. The fraction of sp³-hybridized carbons (Fsp3) is 0.0606. The monoisotopic (exact) mass is 927 g/mol. The van der Waals surface area contributed by atoms with Crippen LogP contribution in [0.1, 0.15) is 26.3 Å². The fourth-order valence-corrected chi connectivity index (χ4v) is 14.1. The number of para-hydroxylation sites is 2. The number of aromatic nitrogens is 1. The van der Waals surface area contributed by atoms with Crippen LogP contribution in [0.4, 0.5) is 0 Å². The van der Waals surface area contributed by atoms with E-state index in [2.05, 4.69) is 250 Å². The van der Waals surface area contributed by atoms with E-state index >= 15 is 0 Å². The third-order valence-corrected chi connectivity index (χ3v) is 17.1. The van der Waals surface area contributed by atoms with Gasteiger partial charge in [-0.3, -0.25) is 0 Å². The van der Waals surface area contributed by atoms with Gasteiger partial charge in [0.2, 0.25) is 6.71 Å². The molecule has 0 aliphatic carbocycles. The Labute approximate surface area is 417 Å². The molecular weight excluding hydrogens is 882 g/mol. The van der Waals surface area contributed by atoms with Crippen molar-refractivity contribution >= 4 is 90.0 Å². The molecule has 2 aliphatic rings. The lowest BCUT2D eigenvalue weighted by Gasteiger charge is -2.33. The van der Waals surface area contributed by atoms with Crippen LogP contribution in [0, 0.1) is 0 Å². The molecule has 2 aliphatic heterocycles. The molecule has 14 rings (SSSR count). The molecule has 12 aromatic rings. The zero-order valence-electron chi connectivity index (χ0n) is 39.2. The van der Waals surface area contributed by atoms with Gasteiger partial charge in [0.15, 0.2) is 0 Å². The molecule has 0 atom stereocenters. The van der Waals surface area contributed by atoms with Crippen molar-refractivity contribution in [1.82, 2.24) is 4.57 Å². The summed E-state index contributed by atoms with van der Waals surface area (Å²) in [5.74, 6) is 0. The van der Waals surface area contributed by atoms with Gasteiger partial charge in [-0.15, -0.1) is 0 Å². The molecule has 4 heteroatoms. The summed E-state index contributed by atoms with van der Waals surface area (Å²) in [4.78, 5) is 5.31. The lowest BCUT2D eigenvalue weighted by Crippen LogP contribution is -2.58. The molecule has 3 heterocycles. The normalized spacial score (nSPS) is 12.9. The van der Waals surface area contributed by atoms with Gasteiger partial charge in [-0.1, -0.05) is 219 Å². The number of nitrogens with zero attached hydrogens (tertiary/aromatic N) is 1. The summed E-state index contributed by atoms with van der Waals surface area (Å²) in [5, 5.41) is 7.60. The second-order valence-corrected chi connectivity index (χ2v) is 22.2. The number of hydrogen-bond donors (Lipinski definition) is 0. The van der Waals surface area contributed by atoms with Crippen molar-refractivity contribution in [3.63, 3.8) is 0 Å². The zero-order valence-corrected chi connectivity index (χ0v) is 40.8. The molecule has 1 nitrogen and oxygen atoms in total. The fourth-order valence-electron chi connectivity index (χ4n) is 11.6. The summed E-state index contributed by atoms with van der Waals surface area (Å²) < 4.78 is 2.45. The Morgan fingerprint density at radius 2 is 0.829 bits per heavy atom. The molecule has 0 unspecified atom stereocenters. The number of rotatable bonds is 5. The van der Waals surface area contributed by atoms with Crippen molar-refractivity contribution in [1.29, 1.82) is 0 Å². The van der Waals surface area contributed by atoms with Crippen molar-refractivity contribution in [3.05, 3.63) is 230 Å². The van der Waals surface area contributed by atoms with Gasteiger partial charge in [-0.25, -0.2) is 0 Å². The van der Waals surface area contributed by atoms with E-state index in [4.69, 9.17) is 0 Å². The highest BCUT2D eigenvalue weighted by Crippen LogP contribution is 2.47. The average molecular weight is 928 g/mol. The number of fused-ring (bicyclic) bond motifs is 9. The van der Waals surface area contributed by atoms with Crippen molar-refractivity contribution in [2.45, 2.75) is 45.8 Å². The molecule has 0 fully saturated rings. The number of benzene rings is 11. The van der Waals surface area contributed by atoms with E-state index in [1.165, 1.54) is 135 Å². The Morgan fingerprint density at radius 1 is 0.343 bits per heavy atom. The molecule has 0 saturated carbocycles. The van der Waals surface area contributed by atoms with Gasteiger partial charge in [-0.2, -0.15) is 0 Å². The molecule has 70 heavy (non-hydrogen) atoms. The van der Waals surface area contributed by atoms with E-state index in [9.17, 15) is 0 Å². The Bertz CT molecular complexity index is 4010. The average Bonchev–Trinajstić information content (AvgIpc) is 3.74. The van der Waals surface area contributed by atoms with Crippen molar-refractivity contribution in [2.75, 3.05) is 0 Å². The molecule has 330 valence electrons. The zero-order chi connectivity index (χ0) is 46.7. The number of hydrogen-bond acceptors (Lipinski definition) is 2. The van der Waals surface area contributed by atoms with E-state index in [0.717, 1.165) is 0 Å². The Kier molecular flexibility index (Phi) is 9.50. The molecule has 0 spiro atoms. The highest BCUT2D eigenvalue weighted by atomic mass is 32.2. The second kappa shape index (κ2) is 16.0. The molecule has 0 radical (unpaired) electrons. The maximum Gasteiger partial charge on any atom is 0.247 e. The van der Waals surface area contributed by atoms with Gasteiger partial charge in [-0.05, 0) is 143 Å². The smallest absolute Gasteiger partial charge is 0.247 e.